The molecule has 0 saturated carbocycles. The monoisotopic (exact) mass is 176 g/mol. The van der Waals surface area contributed by atoms with Crippen LogP contribution in [0.5, 0.6) is 0 Å². The standard InChI is InChI=1S/C10H10NO2/c1-2-3-5-9-6-4-7-10(8-9)11(12)13/h2-4,6-8H,1,5H2/b3-2+. The van der Waals surface area contributed by atoms with Crippen molar-refractivity contribution in [3.63, 3.8) is 0 Å². The van der Waals surface area contributed by atoms with E-state index in [1.807, 2.05) is 12.1 Å². The predicted octanol–water partition coefficient (Wildman–Crippen LogP) is 2.53. The van der Waals surface area contributed by atoms with Gasteiger partial charge in [0.15, 0.2) is 0 Å². The molecular weight excluding hydrogens is 166 g/mol. The number of nitro benzene ring substituents is 1. The summed E-state index contributed by atoms with van der Waals surface area (Å²) in [5, 5.41) is 10.4. The zero-order valence-electron chi connectivity index (χ0n) is 7.14. The zero-order chi connectivity index (χ0) is 9.68. The first-order valence-corrected chi connectivity index (χ1v) is 3.91. The predicted molar refractivity (Wildman–Crippen MR) is 51.3 cm³/mol. The molecule has 0 atom stereocenters. The molecule has 0 fully saturated rings. The average molecular weight is 176 g/mol. The van der Waals surface area contributed by atoms with Gasteiger partial charge < -0.3 is 0 Å². The number of hydrogen-bond acceptors (Lipinski definition) is 2. The molecule has 0 aliphatic rings. The maximum atomic E-state index is 10.4. The molecule has 0 amide bonds. The van der Waals surface area contributed by atoms with Gasteiger partial charge in [-0.25, -0.2) is 0 Å². The van der Waals surface area contributed by atoms with Crippen molar-refractivity contribution in [1.82, 2.24) is 0 Å². The topological polar surface area (TPSA) is 43.1 Å². The third kappa shape index (κ3) is 2.71. The van der Waals surface area contributed by atoms with Crippen LogP contribution in [0, 0.1) is 17.0 Å². The van der Waals surface area contributed by atoms with Gasteiger partial charge >= 0.3 is 0 Å². The molecule has 1 aromatic carbocycles. The highest BCUT2D eigenvalue weighted by atomic mass is 16.6. The van der Waals surface area contributed by atoms with E-state index < -0.39 is 4.92 Å². The van der Waals surface area contributed by atoms with E-state index in [9.17, 15) is 10.1 Å². The van der Waals surface area contributed by atoms with Crippen molar-refractivity contribution in [3.8, 4) is 0 Å². The number of benzene rings is 1. The maximum absolute atomic E-state index is 10.4. The fourth-order valence-corrected chi connectivity index (χ4v) is 1.02. The Kier molecular flexibility index (Phi) is 3.20. The second kappa shape index (κ2) is 4.40. The number of nitro groups is 1. The first-order valence-electron chi connectivity index (χ1n) is 3.91. The van der Waals surface area contributed by atoms with Gasteiger partial charge in [-0.15, -0.1) is 0 Å². The summed E-state index contributed by atoms with van der Waals surface area (Å²) in [6.07, 6.45) is 4.23. The van der Waals surface area contributed by atoms with Gasteiger partial charge in [-0.2, -0.15) is 0 Å². The van der Waals surface area contributed by atoms with Gasteiger partial charge in [0.25, 0.3) is 5.69 Å². The SMILES string of the molecule is [CH2]/C=C/Cc1cccc([N+](=O)[O-])c1. The quantitative estimate of drug-likeness (QED) is 0.524. The molecule has 0 unspecified atom stereocenters. The fraction of sp³-hybridized carbons (Fsp3) is 0.100. The van der Waals surface area contributed by atoms with E-state index >= 15 is 0 Å². The molecule has 0 aliphatic carbocycles. The molecule has 0 saturated heterocycles. The van der Waals surface area contributed by atoms with Gasteiger partial charge in [-0.05, 0) is 18.9 Å². The van der Waals surface area contributed by atoms with Crippen LogP contribution >= 0.6 is 0 Å². The summed E-state index contributed by atoms with van der Waals surface area (Å²) < 4.78 is 0. The molecule has 67 valence electrons. The van der Waals surface area contributed by atoms with Crippen molar-refractivity contribution >= 4 is 5.69 Å². The lowest BCUT2D eigenvalue weighted by molar-refractivity contribution is -0.384. The van der Waals surface area contributed by atoms with Gasteiger partial charge in [0, 0.05) is 12.1 Å². The van der Waals surface area contributed by atoms with E-state index in [0.717, 1.165) is 5.56 Å². The van der Waals surface area contributed by atoms with Crippen LogP contribution in [-0.2, 0) is 6.42 Å². The van der Waals surface area contributed by atoms with Crippen molar-refractivity contribution in [1.29, 1.82) is 0 Å². The third-order valence-corrected chi connectivity index (χ3v) is 1.64. The first-order chi connectivity index (χ1) is 6.24. The Morgan fingerprint density at radius 2 is 2.31 bits per heavy atom. The van der Waals surface area contributed by atoms with Crippen molar-refractivity contribution < 1.29 is 4.92 Å². The molecule has 0 bridgehead atoms. The lowest BCUT2D eigenvalue weighted by atomic mass is 10.1. The highest BCUT2D eigenvalue weighted by Crippen LogP contribution is 2.13. The summed E-state index contributed by atoms with van der Waals surface area (Å²) in [6.45, 7) is 3.54. The molecule has 1 aromatic rings. The summed E-state index contributed by atoms with van der Waals surface area (Å²) in [5.74, 6) is 0. The van der Waals surface area contributed by atoms with Gasteiger partial charge in [-0.1, -0.05) is 24.3 Å². The van der Waals surface area contributed by atoms with Gasteiger partial charge in [0.05, 0.1) is 4.92 Å². The molecule has 1 rings (SSSR count). The van der Waals surface area contributed by atoms with Crippen LogP contribution in [0.4, 0.5) is 5.69 Å². The maximum Gasteiger partial charge on any atom is 0.269 e. The largest absolute Gasteiger partial charge is 0.269 e. The minimum atomic E-state index is -0.391. The number of rotatable bonds is 3. The lowest BCUT2D eigenvalue weighted by Gasteiger charge is -1.95. The molecule has 0 N–H and O–H groups in total. The van der Waals surface area contributed by atoms with Gasteiger partial charge in [-0.3, -0.25) is 10.1 Å². The van der Waals surface area contributed by atoms with Crippen LogP contribution in [0.3, 0.4) is 0 Å². The fourth-order valence-electron chi connectivity index (χ4n) is 1.02. The van der Waals surface area contributed by atoms with Crippen LogP contribution in [0.25, 0.3) is 0 Å². The van der Waals surface area contributed by atoms with Crippen molar-refractivity contribution in [2.24, 2.45) is 0 Å². The van der Waals surface area contributed by atoms with Crippen molar-refractivity contribution in [3.05, 3.63) is 59.0 Å². The van der Waals surface area contributed by atoms with Crippen LogP contribution in [0.1, 0.15) is 5.56 Å². The average Bonchev–Trinajstić information content (AvgIpc) is 2.15. The van der Waals surface area contributed by atoms with Gasteiger partial charge in [0.2, 0.25) is 0 Å². The summed E-state index contributed by atoms with van der Waals surface area (Å²) in [4.78, 5) is 10.0. The van der Waals surface area contributed by atoms with E-state index in [2.05, 4.69) is 6.92 Å². The number of allylic oxidation sites excluding steroid dienone is 2. The van der Waals surface area contributed by atoms with Crippen LogP contribution in [-0.4, -0.2) is 4.92 Å². The number of nitrogens with zero attached hydrogens (tertiary/aromatic N) is 1. The summed E-state index contributed by atoms with van der Waals surface area (Å²) in [7, 11) is 0. The Hall–Kier alpha value is -1.64. The Morgan fingerprint density at radius 3 is 2.92 bits per heavy atom. The van der Waals surface area contributed by atoms with Crippen molar-refractivity contribution in [2.45, 2.75) is 6.42 Å². The van der Waals surface area contributed by atoms with Gasteiger partial charge in [0.1, 0.15) is 0 Å². The van der Waals surface area contributed by atoms with Crippen LogP contribution in [0.2, 0.25) is 0 Å². The second-order valence-electron chi connectivity index (χ2n) is 2.60. The smallest absolute Gasteiger partial charge is 0.258 e. The molecule has 13 heavy (non-hydrogen) atoms. The second-order valence-corrected chi connectivity index (χ2v) is 2.60. The zero-order valence-corrected chi connectivity index (χ0v) is 7.14. The Bertz CT molecular complexity index is 331. The number of non-ortho nitro benzene ring substituents is 1. The molecule has 3 nitrogen and oxygen atoms in total. The summed E-state index contributed by atoms with van der Waals surface area (Å²) >= 11 is 0. The number of hydrogen-bond donors (Lipinski definition) is 0. The molecule has 0 aliphatic heterocycles. The van der Waals surface area contributed by atoms with E-state index in [-0.39, 0.29) is 5.69 Å². The minimum absolute atomic E-state index is 0.134. The Morgan fingerprint density at radius 1 is 1.54 bits per heavy atom. The van der Waals surface area contributed by atoms with Crippen LogP contribution < -0.4 is 0 Å². The first kappa shape index (κ1) is 9.45. The minimum Gasteiger partial charge on any atom is -0.258 e. The van der Waals surface area contributed by atoms with E-state index in [1.54, 1.807) is 18.2 Å². The molecular formula is C10H10NO2. The summed E-state index contributed by atoms with van der Waals surface area (Å²) in [5.41, 5.74) is 1.06. The summed E-state index contributed by atoms with van der Waals surface area (Å²) in [6, 6.07) is 6.59. The third-order valence-electron chi connectivity index (χ3n) is 1.64. The molecule has 0 aromatic heterocycles. The Balaban J connectivity index is 2.85. The van der Waals surface area contributed by atoms with E-state index in [1.165, 1.54) is 6.07 Å². The lowest BCUT2D eigenvalue weighted by Crippen LogP contribution is -1.89. The van der Waals surface area contributed by atoms with Crippen molar-refractivity contribution in [2.75, 3.05) is 0 Å². The molecule has 1 radical (unpaired) electrons. The molecule has 3 heteroatoms. The van der Waals surface area contributed by atoms with Crippen LogP contribution in [0.15, 0.2) is 36.4 Å². The highest BCUT2D eigenvalue weighted by molar-refractivity contribution is 5.35. The van der Waals surface area contributed by atoms with E-state index in [0.29, 0.717) is 6.42 Å². The van der Waals surface area contributed by atoms with E-state index in [4.69, 9.17) is 0 Å². The highest BCUT2D eigenvalue weighted by Gasteiger charge is 2.03. The molecule has 0 heterocycles. The Labute approximate surface area is 76.9 Å². The molecule has 0 spiro atoms. The normalized spacial score (nSPS) is 10.5.